The van der Waals surface area contributed by atoms with E-state index in [4.69, 9.17) is 4.99 Å². The number of nitrogens with zero attached hydrogens (tertiary/aromatic N) is 6. The quantitative estimate of drug-likeness (QED) is 0.233. The zero-order valence-electron chi connectivity index (χ0n) is 17.6. The number of rotatable bonds is 9. The molecule has 1 fully saturated rings. The Labute approximate surface area is 195 Å². The molecule has 3 rings (SSSR count). The summed E-state index contributed by atoms with van der Waals surface area (Å²) < 4.78 is 2.12. The van der Waals surface area contributed by atoms with Gasteiger partial charge in [-0.15, -0.1) is 45.5 Å². The molecule has 0 unspecified atom stereocenters. The molecule has 29 heavy (non-hydrogen) atoms. The van der Waals surface area contributed by atoms with Gasteiger partial charge in [-0.05, 0) is 17.9 Å². The van der Waals surface area contributed by atoms with Crippen LogP contribution in [0.5, 0.6) is 0 Å². The Kier molecular flexibility index (Phi) is 10.9. The molecule has 1 aliphatic rings. The van der Waals surface area contributed by atoms with Crippen molar-refractivity contribution < 1.29 is 0 Å². The molecule has 0 amide bonds. The highest BCUT2D eigenvalue weighted by Crippen LogP contribution is 2.13. The Morgan fingerprint density at radius 3 is 2.76 bits per heavy atom. The zero-order valence-corrected chi connectivity index (χ0v) is 20.7. The summed E-state index contributed by atoms with van der Waals surface area (Å²) in [6.07, 6.45) is 5.03. The highest BCUT2D eigenvalue weighted by Gasteiger charge is 2.20. The molecular weight excluding hydrogens is 497 g/mol. The average Bonchev–Trinajstić information content (AvgIpc) is 3.39. The number of aliphatic imine (C=N–C) groups is 1. The van der Waals surface area contributed by atoms with Crippen LogP contribution in [0.25, 0.3) is 0 Å². The van der Waals surface area contributed by atoms with E-state index >= 15 is 0 Å². The predicted octanol–water partition coefficient (Wildman–Crippen LogP) is 3.08. The monoisotopic (exact) mass is 531 g/mol. The molecule has 0 bridgehead atoms. The maximum absolute atomic E-state index is 4.87. The molecule has 2 aromatic rings. The fourth-order valence-corrected chi connectivity index (χ4v) is 4.13. The lowest BCUT2D eigenvalue weighted by atomic mass is 10.3. The smallest absolute Gasteiger partial charge is 0.194 e. The summed E-state index contributed by atoms with van der Waals surface area (Å²) in [5, 5.41) is 13.9. The summed E-state index contributed by atoms with van der Waals surface area (Å²) in [7, 11) is 0. The third kappa shape index (κ3) is 7.53. The number of nitrogens with one attached hydrogen (secondary N) is 1. The Morgan fingerprint density at radius 1 is 1.24 bits per heavy atom. The molecule has 3 heterocycles. The molecule has 2 aromatic heterocycles. The van der Waals surface area contributed by atoms with E-state index in [1.54, 1.807) is 0 Å². The van der Waals surface area contributed by atoms with E-state index in [1.807, 2.05) is 17.7 Å². The SMILES string of the molecule is CCCCN=C(NCCn1cnnc1CC)N1CCN(Cc2cccs2)CC1.I. The second-order valence-electron chi connectivity index (χ2n) is 7.12. The maximum atomic E-state index is 4.87. The van der Waals surface area contributed by atoms with Gasteiger partial charge in [0.2, 0.25) is 0 Å². The molecule has 7 nitrogen and oxygen atoms in total. The Balaban J connectivity index is 0.00000300. The maximum Gasteiger partial charge on any atom is 0.194 e. The largest absolute Gasteiger partial charge is 0.354 e. The van der Waals surface area contributed by atoms with Gasteiger partial charge in [-0.3, -0.25) is 9.89 Å². The van der Waals surface area contributed by atoms with Crippen molar-refractivity contribution in [1.82, 2.24) is 29.9 Å². The van der Waals surface area contributed by atoms with Crippen LogP contribution in [-0.4, -0.2) is 69.8 Å². The lowest BCUT2D eigenvalue weighted by molar-refractivity contribution is 0.173. The number of guanidine groups is 1. The van der Waals surface area contributed by atoms with Gasteiger partial charge in [0.1, 0.15) is 12.2 Å². The molecule has 0 radical (unpaired) electrons. The Morgan fingerprint density at radius 2 is 2.07 bits per heavy atom. The van der Waals surface area contributed by atoms with E-state index in [1.165, 1.54) is 11.3 Å². The summed E-state index contributed by atoms with van der Waals surface area (Å²) in [4.78, 5) is 11.3. The number of hydrogen-bond donors (Lipinski definition) is 1. The number of thiophene rings is 1. The number of hydrogen-bond acceptors (Lipinski definition) is 5. The molecule has 0 aliphatic carbocycles. The van der Waals surface area contributed by atoms with E-state index in [2.05, 4.69) is 61.2 Å². The summed E-state index contributed by atoms with van der Waals surface area (Å²) in [5.41, 5.74) is 0. The first-order valence-corrected chi connectivity index (χ1v) is 11.3. The molecule has 0 atom stereocenters. The van der Waals surface area contributed by atoms with E-state index in [0.29, 0.717) is 0 Å². The van der Waals surface area contributed by atoms with Crippen molar-refractivity contribution >= 4 is 41.3 Å². The Bertz CT molecular complexity index is 708. The third-order valence-corrected chi connectivity index (χ3v) is 5.91. The topological polar surface area (TPSA) is 61.6 Å². The van der Waals surface area contributed by atoms with Gasteiger partial charge in [0.15, 0.2) is 5.96 Å². The van der Waals surface area contributed by atoms with Crippen molar-refractivity contribution in [3.05, 3.63) is 34.5 Å². The first-order chi connectivity index (χ1) is 13.8. The van der Waals surface area contributed by atoms with Crippen LogP contribution in [0.1, 0.15) is 37.4 Å². The van der Waals surface area contributed by atoms with Crippen LogP contribution in [-0.2, 0) is 19.5 Å². The molecule has 1 N–H and O–H groups in total. The van der Waals surface area contributed by atoms with Crippen molar-refractivity contribution in [2.45, 2.75) is 46.2 Å². The number of aromatic nitrogens is 3. The van der Waals surface area contributed by atoms with Crippen LogP contribution in [0, 0.1) is 0 Å². The van der Waals surface area contributed by atoms with Gasteiger partial charge < -0.3 is 14.8 Å². The van der Waals surface area contributed by atoms with E-state index < -0.39 is 0 Å². The predicted molar refractivity (Wildman–Crippen MR) is 131 cm³/mol. The minimum Gasteiger partial charge on any atom is -0.354 e. The normalized spacial score (nSPS) is 15.4. The van der Waals surface area contributed by atoms with Crippen LogP contribution < -0.4 is 5.32 Å². The third-order valence-electron chi connectivity index (χ3n) is 5.05. The summed E-state index contributed by atoms with van der Waals surface area (Å²) in [5.74, 6) is 2.09. The molecule has 162 valence electrons. The fourth-order valence-electron chi connectivity index (χ4n) is 3.38. The standard InChI is InChI=1S/C20H33N7S.HI/c1-3-5-8-21-20(22-9-10-27-17-23-24-19(27)4-2)26-13-11-25(12-14-26)16-18-7-6-15-28-18;/h6-7,15,17H,3-5,8-14,16H2,1-2H3,(H,21,22);1H. The summed E-state index contributed by atoms with van der Waals surface area (Å²) >= 11 is 1.85. The summed E-state index contributed by atoms with van der Waals surface area (Å²) in [6, 6.07) is 4.37. The zero-order chi connectivity index (χ0) is 19.6. The van der Waals surface area contributed by atoms with Crippen LogP contribution in [0.2, 0.25) is 0 Å². The van der Waals surface area contributed by atoms with Crippen molar-refractivity contribution in [2.24, 2.45) is 4.99 Å². The van der Waals surface area contributed by atoms with Gasteiger partial charge in [-0.25, -0.2) is 0 Å². The average molecular weight is 532 g/mol. The Hall–Kier alpha value is -1.20. The van der Waals surface area contributed by atoms with Gasteiger partial charge in [0.25, 0.3) is 0 Å². The van der Waals surface area contributed by atoms with Crippen LogP contribution in [0.4, 0.5) is 0 Å². The van der Waals surface area contributed by atoms with Crippen molar-refractivity contribution in [1.29, 1.82) is 0 Å². The second kappa shape index (κ2) is 13.2. The lowest BCUT2D eigenvalue weighted by Crippen LogP contribution is -2.52. The minimum atomic E-state index is 0. The van der Waals surface area contributed by atoms with E-state index in [0.717, 1.165) is 77.0 Å². The van der Waals surface area contributed by atoms with Gasteiger partial charge in [0.05, 0.1) is 0 Å². The molecule has 1 saturated heterocycles. The molecule has 0 aromatic carbocycles. The van der Waals surface area contributed by atoms with Crippen LogP contribution in [0.3, 0.4) is 0 Å². The van der Waals surface area contributed by atoms with Crippen molar-refractivity contribution in [2.75, 3.05) is 39.3 Å². The number of aryl methyl sites for hydroxylation is 1. The minimum absolute atomic E-state index is 0. The van der Waals surface area contributed by atoms with Crippen LogP contribution in [0.15, 0.2) is 28.8 Å². The first-order valence-electron chi connectivity index (χ1n) is 10.4. The fraction of sp³-hybridized carbons (Fsp3) is 0.650. The van der Waals surface area contributed by atoms with Gasteiger partial charge in [-0.1, -0.05) is 26.3 Å². The first kappa shape index (κ1) is 24.1. The summed E-state index contributed by atoms with van der Waals surface area (Å²) in [6.45, 7) is 12.2. The highest BCUT2D eigenvalue weighted by atomic mass is 127. The van der Waals surface area contributed by atoms with E-state index in [-0.39, 0.29) is 24.0 Å². The molecule has 0 spiro atoms. The number of halogens is 1. The van der Waals surface area contributed by atoms with E-state index in [9.17, 15) is 0 Å². The van der Waals surface area contributed by atoms with Gasteiger partial charge in [0, 0.05) is 63.7 Å². The highest BCUT2D eigenvalue weighted by molar-refractivity contribution is 14.0. The van der Waals surface area contributed by atoms with Crippen LogP contribution >= 0.6 is 35.3 Å². The second-order valence-corrected chi connectivity index (χ2v) is 8.15. The molecule has 1 aliphatic heterocycles. The molecular formula is C20H34IN7S. The molecule has 0 saturated carbocycles. The van der Waals surface area contributed by atoms with Gasteiger partial charge in [-0.2, -0.15) is 0 Å². The van der Waals surface area contributed by atoms with Crippen molar-refractivity contribution in [3.63, 3.8) is 0 Å². The van der Waals surface area contributed by atoms with Crippen molar-refractivity contribution in [3.8, 4) is 0 Å². The molecule has 9 heteroatoms. The lowest BCUT2D eigenvalue weighted by Gasteiger charge is -2.36. The number of unbranched alkanes of at least 4 members (excludes halogenated alkanes) is 1. The number of piperazine rings is 1. The van der Waals surface area contributed by atoms with Gasteiger partial charge >= 0.3 is 0 Å².